The third-order valence-corrected chi connectivity index (χ3v) is 3.79. The topological polar surface area (TPSA) is 75.4 Å². The van der Waals surface area contributed by atoms with E-state index in [0.717, 1.165) is 11.1 Å². The van der Waals surface area contributed by atoms with Gasteiger partial charge in [0.15, 0.2) is 0 Å². The van der Waals surface area contributed by atoms with E-state index in [4.69, 9.17) is 5.73 Å². The molecule has 1 aliphatic heterocycles. The highest BCUT2D eigenvalue weighted by molar-refractivity contribution is 5.88. The number of benzene rings is 1. The summed E-state index contributed by atoms with van der Waals surface area (Å²) in [4.78, 5) is 25.8. The second kappa shape index (κ2) is 6.05. The van der Waals surface area contributed by atoms with E-state index in [-0.39, 0.29) is 11.8 Å². The van der Waals surface area contributed by atoms with Gasteiger partial charge in [-0.15, -0.1) is 0 Å². The largest absolute Gasteiger partial charge is 0.368 e. The van der Waals surface area contributed by atoms with E-state index in [2.05, 4.69) is 5.32 Å². The molecule has 0 spiro atoms. The van der Waals surface area contributed by atoms with Gasteiger partial charge < -0.3 is 16.0 Å². The molecule has 0 fully saturated rings. The number of nitrogens with two attached hydrogens (primary N) is 1. The Labute approximate surface area is 119 Å². The molecule has 2 rings (SSSR count). The van der Waals surface area contributed by atoms with Crippen molar-refractivity contribution in [3.63, 3.8) is 0 Å². The Morgan fingerprint density at radius 3 is 2.65 bits per heavy atom. The standard InChI is InChI=1S/C15H21N3O2/c1-10(8-17-2)15(20)18-9-12-6-4-3-5-11(12)7-13(18)14(16)19/h3-6,10,13,17H,7-9H2,1-2H3,(H2,16,19). The highest BCUT2D eigenvalue weighted by Crippen LogP contribution is 2.24. The van der Waals surface area contributed by atoms with Crippen LogP contribution in [-0.4, -0.2) is 36.3 Å². The Kier molecular flexibility index (Phi) is 4.39. The summed E-state index contributed by atoms with van der Waals surface area (Å²) < 4.78 is 0. The lowest BCUT2D eigenvalue weighted by molar-refractivity contribution is -0.143. The summed E-state index contributed by atoms with van der Waals surface area (Å²) in [5.41, 5.74) is 7.67. The summed E-state index contributed by atoms with van der Waals surface area (Å²) in [6, 6.07) is 7.33. The third kappa shape index (κ3) is 2.82. The Bertz CT molecular complexity index is 516. The van der Waals surface area contributed by atoms with Gasteiger partial charge in [0, 0.05) is 25.4 Å². The van der Waals surface area contributed by atoms with Crippen molar-refractivity contribution in [3.05, 3.63) is 35.4 Å². The highest BCUT2D eigenvalue weighted by atomic mass is 16.2. The molecular weight excluding hydrogens is 254 g/mol. The predicted octanol–water partition coefficient (Wildman–Crippen LogP) is 0.281. The summed E-state index contributed by atoms with van der Waals surface area (Å²) in [5.74, 6) is -0.644. The Hall–Kier alpha value is -1.88. The normalized spacial score (nSPS) is 19.3. The van der Waals surface area contributed by atoms with Gasteiger partial charge in [-0.25, -0.2) is 0 Å². The van der Waals surface area contributed by atoms with Crippen LogP contribution in [0.5, 0.6) is 0 Å². The molecule has 108 valence electrons. The number of fused-ring (bicyclic) bond motifs is 1. The maximum absolute atomic E-state index is 12.5. The van der Waals surface area contributed by atoms with Crippen molar-refractivity contribution in [2.45, 2.75) is 25.9 Å². The second-order valence-electron chi connectivity index (χ2n) is 5.32. The molecular formula is C15H21N3O2. The maximum Gasteiger partial charge on any atom is 0.240 e. The summed E-state index contributed by atoms with van der Waals surface area (Å²) in [7, 11) is 1.81. The van der Waals surface area contributed by atoms with Gasteiger partial charge in [0.25, 0.3) is 0 Å². The van der Waals surface area contributed by atoms with Gasteiger partial charge in [-0.2, -0.15) is 0 Å². The molecule has 2 atom stereocenters. The number of nitrogens with one attached hydrogen (secondary N) is 1. The van der Waals surface area contributed by atoms with Crippen LogP contribution in [0.4, 0.5) is 0 Å². The first-order chi connectivity index (χ1) is 9.54. The molecule has 5 nitrogen and oxygen atoms in total. The first-order valence-electron chi connectivity index (χ1n) is 6.85. The minimum absolute atomic E-state index is 0.0300. The van der Waals surface area contributed by atoms with Crippen LogP contribution in [0.15, 0.2) is 24.3 Å². The van der Waals surface area contributed by atoms with Gasteiger partial charge in [-0.3, -0.25) is 9.59 Å². The minimum Gasteiger partial charge on any atom is -0.368 e. The monoisotopic (exact) mass is 275 g/mol. The first-order valence-corrected chi connectivity index (χ1v) is 6.85. The number of hydrogen-bond donors (Lipinski definition) is 2. The lowest BCUT2D eigenvalue weighted by atomic mass is 9.92. The average Bonchev–Trinajstić information content (AvgIpc) is 2.45. The average molecular weight is 275 g/mol. The van der Waals surface area contributed by atoms with Crippen LogP contribution in [0.2, 0.25) is 0 Å². The van der Waals surface area contributed by atoms with Crippen molar-refractivity contribution in [1.29, 1.82) is 0 Å². The van der Waals surface area contributed by atoms with Crippen LogP contribution in [0, 0.1) is 5.92 Å². The fraction of sp³-hybridized carbons (Fsp3) is 0.467. The van der Waals surface area contributed by atoms with E-state index in [1.807, 2.05) is 31.2 Å². The molecule has 2 unspecified atom stereocenters. The maximum atomic E-state index is 12.5. The number of amides is 2. The highest BCUT2D eigenvalue weighted by Gasteiger charge is 2.34. The van der Waals surface area contributed by atoms with Crippen molar-refractivity contribution in [2.75, 3.05) is 13.6 Å². The number of rotatable bonds is 4. The number of nitrogens with zero attached hydrogens (tertiary/aromatic N) is 1. The smallest absolute Gasteiger partial charge is 0.240 e. The molecule has 0 saturated carbocycles. The van der Waals surface area contributed by atoms with Crippen LogP contribution >= 0.6 is 0 Å². The molecule has 0 radical (unpaired) electrons. The molecule has 0 aliphatic carbocycles. The zero-order chi connectivity index (χ0) is 14.7. The van der Waals surface area contributed by atoms with Crippen LogP contribution in [-0.2, 0) is 22.6 Å². The molecule has 1 heterocycles. The van der Waals surface area contributed by atoms with Gasteiger partial charge in [-0.1, -0.05) is 31.2 Å². The summed E-state index contributed by atoms with van der Waals surface area (Å²) in [5, 5.41) is 2.99. The molecule has 20 heavy (non-hydrogen) atoms. The quantitative estimate of drug-likeness (QED) is 0.829. The zero-order valence-corrected chi connectivity index (χ0v) is 11.9. The summed E-state index contributed by atoms with van der Waals surface area (Å²) in [6.45, 7) is 2.90. The Morgan fingerprint density at radius 2 is 2.05 bits per heavy atom. The molecule has 1 aromatic carbocycles. The van der Waals surface area contributed by atoms with Crippen LogP contribution < -0.4 is 11.1 Å². The second-order valence-corrected chi connectivity index (χ2v) is 5.32. The van der Waals surface area contributed by atoms with Crippen molar-refractivity contribution in [1.82, 2.24) is 10.2 Å². The predicted molar refractivity (Wildman–Crippen MR) is 76.8 cm³/mol. The molecule has 2 amide bonds. The number of carbonyl (C=O) groups excluding carboxylic acids is 2. The van der Waals surface area contributed by atoms with E-state index in [9.17, 15) is 9.59 Å². The van der Waals surface area contributed by atoms with Gasteiger partial charge in [0.1, 0.15) is 6.04 Å². The number of hydrogen-bond acceptors (Lipinski definition) is 3. The summed E-state index contributed by atoms with van der Waals surface area (Å²) in [6.07, 6.45) is 0.503. The van der Waals surface area contributed by atoms with Crippen molar-refractivity contribution < 1.29 is 9.59 Å². The number of carbonyl (C=O) groups is 2. The molecule has 0 aromatic heterocycles. The van der Waals surface area contributed by atoms with E-state index < -0.39 is 11.9 Å². The fourth-order valence-electron chi connectivity index (χ4n) is 2.69. The van der Waals surface area contributed by atoms with E-state index in [1.165, 1.54) is 0 Å². The fourth-order valence-corrected chi connectivity index (χ4v) is 2.69. The molecule has 1 aliphatic rings. The molecule has 3 N–H and O–H groups in total. The first kappa shape index (κ1) is 14.5. The zero-order valence-electron chi connectivity index (χ0n) is 11.9. The van der Waals surface area contributed by atoms with Crippen LogP contribution in [0.25, 0.3) is 0 Å². The minimum atomic E-state index is -0.545. The van der Waals surface area contributed by atoms with E-state index in [0.29, 0.717) is 19.5 Å². The van der Waals surface area contributed by atoms with Crippen molar-refractivity contribution >= 4 is 11.8 Å². The van der Waals surface area contributed by atoms with E-state index >= 15 is 0 Å². The molecule has 0 saturated heterocycles. The molecule has 1 aromatic rings. The molecule has 5 heteroatoms. The third-order valence-electron chi connectivity index (χ3n) is 3.79. The summed E-state index contributed by atoms with van der Waals surface area (Å²) >= 11 is 0. The van der Waals surface area contributed by atoms with Gasteiger partial charge >= 0.3 is 0 Å². The lowest BCUT2D eigenvalue weighted by Crippen LogP contribution is -2.53. The van der Waals surface area contributed by atoms with Gasteiger partial charge in [0.05, 0.1) is 0 Å². The SMILES string of the molecule is CNCC(C)C(=O)N1Cc2ccccc2CC1C(N)=O. The van der Waals surface area contributed by atoms with Gasteiger partial charge in [-0.05, 0) is 18.2 Å². The van der Waals surface area contributed by atoms with Crippen molar-refractivity contribution in [2.24, 2.45) is 11.7 Å². The Balaban J connectivity index is 2.26. The van der Waals surface area contributed by atoms with Crippen molar-refractivity contribution in [3.8, 4) is 0 Å². The molecule has 0 bridgehead atoms. The van der Waals surface area contributed by atoms with Gasteiger partial charge in [0.2, 0.25) is 11.8 Å². The van der Waals surface area contributed by atoms with E-state index in [1.54, 1.807) is 11.9 Å². The Morgan fingerprint density at radius 1 is 1.40 bits per heavy atom. The number of primary amides is 1. The lowest BCUT2D eigenvalue weighted by Gasteiger charge is -2.36. The van der Waals surface area contributed by atoms with Crippen LogP contribution in [0.3, 0.4) is 0 Å². The van der Waals surface area contributed by atoms with Crippen LogP contribution in [0.1, 0.15) is 18.1 Å².